The topological polar surface area (TPSA) is 52.1 Å². The molecule has 6 nitrogen and oxygen atoms in total. The lowest BCUT2D eigenvalue weighted by Crippen LogP contribution is -2.49. The first-order valence-electron chi connectivity index (χ1n) is 9.22. The van der Waals surface area contributed by atoms with E-state index in [1.54, 1.807) is 0 Å². The molecule has 2 aliphatic heterocycles. The van der Waals surface area contributed by atoms with Gasteiger partial charge in [-0.15, -0.1) is 0 Å². The van der Waals surface area contributed by atoms with Gasteiger partial charge in [-0.1, -0.05) is 13.8 Å². The standard InChI is InChI=1S/C17H35N5O/c1-4-21-7-9-22(10-8-21)14-15(2)12-19-17(18-3)20-13-16-6-5-11-23-16/h15-16H,4-14H2,1-3H3,(H2,18,19,20). The number of guanidine groups is 1. The molecule has 0 aromatic carbocycles. The minimum atomic E-state index is 0.348. The SMILES string of the molecule is CCN1CCN(CC(C)CNC(=NC)NCC2CCCO2)CC1. The summed E-state index contributed by atoms with van der Waals surface area (Å²) in [5.41, 5.74) is 0. The van der Waals surface area contributed by atoms with Gasteiger partial charge >= 0.3 is 0 Å². The van der Waals surface area contributed by atoms with E-state index >= 15 is 0 Å². The van der Waals surface area contributed by atoms with Crippen molar-refractivity contribution in [3.63, 3.8) is 0 Å². The largest absolute Gasteiger partial charge is 0.376 e. The molecule has 23 heavy (non-hydrogen) atoms. The van der Waals surface area contributed by atoms with Crippen LogP contribution in [0.5, 0.6) is 0 Å². The van der Waals surface area contributed by atoms with Gasteiger partial charge in [0.25, 0.3) is 0 Å². The predicted octanol–water partition coefficient (Wildman–Crippen LogP) is 0.604. The smallest absolute Gasteiger partial charge is 0.191 e. The summed E-state index contributed by atoms with van der Waals surface area (Å²) in [6.45, 7) is 14.4. The maximum atomic E-state index is 5.64. The fraction of sp³-hybridized carbons (Fsp3) is 0.941. The van der Waals surface area contributed by atoms with Crippen molar-refractivity contribution in [2.75, 3.05) is 66.0 Å². The van der Waals surface area contributed by atoms with Gasteiger partial charge in [0.05, 0.1) is 6.10 Å². The molecule has 2 aliphatic rings. The van der Waals surface area contributed by atoms with Crippen LogP contribution in [0.15, 0.2) is 4.99 Å². The molecule has 2 saturated heterocycles. The second kappa shape index (κ2) is 10.1. The third-order valence-electron chi connectivity index (χ3n) is 4.84. The van der Waals surface area contributed by atoms with Gasteiger partial charge < -0.3 is 25.2 Å². The fourth-order valence-corrected chi connectivity index (χ4v) is 3.30. The first kappa shape index (κ1) is 18.5. The molecule has 2 unspecified atom stereocenters. The molecule has 2 rings (SSSR count). The van der Waals surface area contributed by atoms with Crippen molar-refractivity contribution < 1.29 is 4.74 Å². The molecule has 2 heterocycles. The van der Waals surface area contributed by atoms with Crippen LogP contribution in [0.2, 0.25) is 0 Å². The molecule has 0 radical (unpaired) electrons. The number of piperazine rings is 1. The summed E-state index contributed by atoms with van der Waals surface area (Å²) < 4.78 is 5.64. The zero-order valence-corrected chi connectivity index (χ0v) is 15.2. The van der Waals surface area contributed by atoms with Gasteiger partial charge in [0.2, 0.25) is 0 Å². The maximum absolute atomic E-state index is 5.64. The van der Waals surface area contributed by atoms with Crippen LogP contribution in [-0.4, -0.2) is 87.9 Å². The van der Waals surface area contributed by atoms with E-state index in [0.29, 0.717) is 12.0 Å². The van der Waals surface area contributed by atoms with Gasteiger partial charge in [0.15, 0.2) is 5.96 Å². The second-order valence-corrected chi connectivity index (χ2v) is 6.81. The second-order valence-electron chi connectivity index (χ2n) is 6.81. The van der Waals surface area contributed by atoms with Crippen molar-refractivity contribution in [1.82, 2.24) is 20.4 Å². The van der Waals surface area contributed by atoms with E-state index in [2.05, 4.69) is 39.3 Å². The summed E-state index contributed by atoms with van der Waals surface area (Å²) in [5.74, 6) is 1.51. The van der Waals surface area contributed by atoms with Crippen molar-refractivity contribution >= 4 is 5.96 Å². The molecule has 0 aliphatic carbocycles. The number of rotatable bonds is 7. The van der Waals surface area contributed by atoms with Crippen molar-refractivity contribution in [1.29, 1.82) is 0 Å². The van der Waals surface area contributed by atoms with Crippen LogP contribution in [-0.2, 0) is 4.74 Å². The molecule has 2 N–H and O–H groups in total. The van der Waals surface area contributed by atoms with Crippen LogP contribution in [0.4, 0.5) is 0 Å². The molecular formula is C17H35N5O. The molecule has 0 aromatic rings. The average Bonchev–Trinajstić information content (AvgIpc) is 3.09. The maximum Gasteiger partial charge on any atom is 0.191 e. The van der Waals surface area contributed by atoms with Crippen LogP contribution in [0.3, 0.4) is 0 Å². The minimum Gasteiger partial charge on any atom is -0.376 e. The quantitative estimate of drug-likeness (QED) is 0.530. The Morgan fingerprint density at radius 2 is 1.96 bits per heavy atom. The zero-order chi connectivity index (χ0) is 16.5. The lowest BCUT2D eigenvalue weighted by Gasteiger charge is -2.35. The molecule has 0 spiro atoms. The monoisotopic (exact) mass is 325 g/mol. The van der Waals surface area contributed by atoms with Crippen LogP contribution in [0.1, 0.15) is 26.7 Å². The third-order valence-corrected chi connectivity index (χ3v) is 4.84. The molecule has 6 heteroatoms. The third kappa shape index (κ3) is 6.65. The molecular weight excluding hydrogens is 290 g/mol. The average molecular weight is 326 g/mol. The van der Waals surface area contributed by atoms with Gasteiger partial charge in [0.1, 0.15) is 0 Å². The highest BCUT2D eigenvalue weighted by atomic mass is 16.5. The predicted molar refractivity (Wildman–Crippen MR) is 96.1 cm³/mol. The number of ether oxygens (including phenoxy) is 1. The van der Waals surface area contributed by atoms with Gasteiger partial charge in [0, 0.05) is 59.5 Å². The van der Waals surface area contributed by atoms with Crippen LogP contribution >= 0.6 is 0 Å². The summed E-state index contributed by atoms with van der Waals surface area (Å²) >= 11 is 0. The highest BCUT2D eigenvalue weighted by Crippen LogP contribution is 2.10. The van der Waals surface area contributed by atoms with E-state index in [-0.39, 0.29) is 0 Å². The number of hydrogen-bond donors (Lipinski definition) is 2. The Morgan fingerprint density at radius 1 is 1.22 bits per heavy atom. The fourth-order valence-electron chi connectivity index (χ4n) is 3.30. The molecule has 2 atom stereocenters. The van der Waals surface area contributed by atoms with E-state index in [0.717, 1.165) is 38.6 Å². The van der Waals surface area contributed by atoms with Gasteiger partial charge in [-0.3, -0.25) is 4.99 Å². The van der Waals surface area contributed by atoms with E-state index in [1.807, 2.05) is 7.05 Å². The summed E-state index contributed by atoms with van der Waals surface area (Å²) in [6, 6.07) is 0. The lowest BCUT2D eigenvalue weighted by molar-refractivity contribution is 0.113. The minimum absolute atomic E-state index is 0.348. The number of hydrogen-bond acceptors (Lipinski definition) is 4. The Balaban J connectivity index is 1.59. The van der Waals surface area contributed by atoms with Gasteiger partial charge in [-0.25, -0.2) is 0 Å². The summed E-state index contributed by atoms with van der Waals surface area (Å²) in [7, 11) is 1.83. The number of aliphatic imine (C=N–C) groups is 1. The van der Waals surface area contributed by atoms with E-state index in [1.165, 1.54) is 39.1 Å². The number of likely N-dealkylation sites (N-methyl/N-ethyl adjacent to an activating group) is 1. The summed E-state index contributed by atoms with van der Waals surface area (Å²) in [4.78, 5) is 9.42. The van der Waals surface area contributed by atoms with Crippen molar-refractivity contribution in [3.8, 4) is 0 Å². The Labute approximate surface area is 141 Å². The Morgan fingerprint density at radius 3 is 2.57 bits per heavy atom. The Bertz CT molecular complexity index is 349. The Hall–Kier alpha value is -0.850. The van der Waals surface area contributed by atoms with E-state index in [9.17, 15) is 0 Å². The van der Waals surface area contributed by atoms with Gasteiger partial charge in [-0.05, 0) is 25.3 Å². The first-order valence-corrected chi connectivity index (χ1v) is 9.22. The number of nitrogens with one attached hydrogen (secondary N) is 2. The molecule has 0 amide bonds. The molecule has 134 valence electrons. The van der Waals surface area contributed by atoms with Crippen LogP contribution in [0.25, 0.3) is 0 Å². The molecule has 0 bridgehead atoms. The molecule has 0 aromatic heterocycles. The molecule has 2 fully saturated rings. The van der Waals surface area contributed by atoms with Crippen LogP contribution in [0, 0.1) is 5.92 Å². The highest BCUT2D eigenvalue weighted by molar-refractivity contribution is 5.79. The van der Waals surface area contributed by atoms with Crippen LogP contribution < -0.4 is 10.6 Å². The van der Waals surface area contributed by atoms with Crippen molar-refractivity contribution in [2.24, 2.45) is 10.9 Å². The summed E-state index contributed by atoms with van der Waals surface area (Å²) in [5, 5.41) is 6.83. The summed E-state index contributed by atoms with van der Waals surface area (Å²) in [6.07, 6.45) is 2.69. The Kier molecular flexibility index (Phi) is 8.12. The number of nitrogens with zero attached hydrogens (tertiary/aromatic N) is 3. The first-order chi connectivity index (χ1) is 11.2. The van der Waals surface area contributed by atoms with E-state index in [4.69, 9.17) is 4.74 Å². The van der Waals surface area contributed by atoms with Gasteiger partial charge in [-0.2, -0.15) is 0 Å². The van der Waals surface area contributed by atoms with E-state index < -0.39 is 0 Å². The molecule has 0 saturated carbocycles. The van der Waals surface area contributed by atoms with Crippen molar-refractivity contribution in [2.45, 2.75) is 32.8 Å². The highest BCUT2D eigenvalue weighted by Gasteiger charge is 2.18. The normalized spacial score (nSPS) is 25.5. The zero-order valence-electron chi connectivity index (χ0n) is 15.2. The van der Waals surface area contributed by atoms with Crippen molar-refractivity contribution in [3.05, 3.63) is 0 Å². The lowest BCUT2D eigenvalue weighted by atomic mass is 10.1.